The van der Waals surface area contributed by atoms with Crippen molar-refractivity contribution in [1.29, 1.82) is 0 Å². The predicted molar refractivity (Wildman–Crippen MR) is 288 cm³/mol. The summed E-state index contributed by atoms with van der Waals surface area (Å²) in [7, 11) is 1.23. The molecule has 0 rings (SSSR count). The molecular formula is C58H107N2O6P. The number of carbonyl (C=O) groups excluding carboxylic acids is 1. The van der Waals surface area contributed by atoms with Gasteiger partial charge in [-0.15, -0.1) is 0 Å². The largest absolute Gasteiger partial charge is 0.756 e. The van der Waals surface area contributed by atoms with Crippen LogP contribution >= 0.6 is 7.82 Å². The topological polar surface area (TPSA) is 108 Å². The number of allylic oxidation sites excluding steroid dienone is 11. The van der Waals surface area contributed by atoms with Crippen molar-refractivity contribution in [2.24, 2.45) is 0 Å². The number of quaternary nitrogens is 1. The molecule has 3 atom stereocenters. The second-order valence-corrected chi connectivity index (χ2v) is 21.3. The highest BCUT2D eigenvalue weighted by Crippen LogP contribution is 2.38. The highest BCUT2D eigenvalue weighted by Gasteiger charge is 2.23. The Bertz CT molecular complexity index is 1320. The molecule has 67 heavy (non-hydrogen) atoms. The van der Waals surface area contributed by atoms with E-state index in [2.05, 4.69) is 79.9 Å². The number of amides is 1. The van der Waals surface area contributed by atoms with Crippen molar-refractivity contribution in [3.63, 3.8) is 0 Å². The van der Waals surface area contributed by atoms with E-state index in [4.69, 9.17) is 9.05 Å². The van der Waals surface area contributed by atoms with Crippen molar-refractivity contribution in [3.8, 4) is 0 Å². The van der Waals surface area contributed by atoms with E-state index in [0.29, 0.717) is 17.4 Å². The lowest BCUT2D eigenvalue weighted by molar-refractivity contribution is -0.870. The van der Waals surface area contributed by atoms with Crippen LogP contribution in [-0.2, 0) is 18.4 Å². The number of nitrogens with zero attached hydrogens (tertiary/aromatic N) is 1. The number of aliphatic hydroxyl groups is 1. The molecule has 0 aliphatic carbocycles. The van der Waals surface area contributed by atoms with Crippen molar-refractivity contribution < 1.29 is 32.9 Å². The Hall–Kier alpha value is -2.06. The van der Waals surface area contributed by atoms with Crippen LogP contribution in [0.5, 0.6) is 0 Å². The highest BCUT2D eigenvalue weighted by molar-refractivity contribution is 7.45. The lowest BCUT2D eigenvalue weighted by atomic mass is 10.0. The van der Waals surface area contributed by atoms with E-state index in [0.717, 1.165) is 77.0 Å². The maximum atomic E-state index is 12.9. The number of phosphoric acid groups is 1. The van der Waals surface area contributed by atoms with Crippen LogP contribution in [-0.4, -0.2) is 68.5 Å². The van der Waals surface area contributed by atoms with Gasteiger partial charge in [-0.25, -0.2) is 0 Å². The van der Waals surface area contributed by atoms with E-state index in [1.165, 1.54) is 141 Å². The average molecular weight is 959 g/mol. The first kappa shape index (κ1) is 64.9. The van der Waals surface area contributed by atoms with Crippen LogP contribution in [0.25, 0.3) is 0 Å². The van der Waals surface area contributed by atoms with Gasteiger partial charge in [0.15, 0.2) is 0 Å². The van der Waals surface area contributed by atoms with Crippen molar-refractivity contribution in [2.45, 2.75) is 251 Å². The third-order valence-corrected chi connectivity index (χ3v) is 13.1. The first-order valence-electron chi connectivity index (χ1n) is 27.8. The fourth-order valence-corrected chi connectivity index (χ4v) is 8.53. The number of unbranched alkanes of at least 4 members (excludes halogenated alkanes) is 27. The number of phosphoric ester groups is 1. The Kier molecular flexibility index (Phi) is 47.4. The summed E-state index contributed by atoms with van der Waals surface area (Å²) < 4.78 is 23.3. The fourth-order valence-electron chi connectivity index (χ4n) is 7.81. The molecule has 0 aromatic heterocycles. The number of hydrogen-bond donors (Lipinski definition) is 2. The number of rotatable bonds is 50. The molecule has 0 aliphatic rings. The molecule has 1 amide bonds. The van der Waals surface area contributed by atoms with Crippen LogP contribution in [0.3, 0.4) is 0 Å². The summed E-state index contributed by atoms with van der Waals surface area (Å²) >= 11 is 0. The molecule has 0 bridgehead atoms. The smallest absolute Gasteiger partial charge is 0.268 e. The van der Waals surface area contributed by atoms with Gasteiger partial charge in [-0.05, 0) is 70.6 Å². The van der Waals surface area contributed by atoms with Gasteiger partial charge in [0.25, 0.3) is 7.82 Å². The van der Waals surface area contributed by atoms with Crippen molar-refractivity contribution in [2.75, 3.05) is 40.9 Å². The number of hydrogen-bond acceptors (Lipinski definition) is 6. The fraction of sp³-hybridized carbons (Fsp3) is 0.776. The maximum absolute atomic E-state index is 12.9. The van der Waals surface area contributed by atoms with Crippen molar-refractivity contribution in [3.05, 3.63) is 72.9 Å². The molecule has 9 heteroatoms. The monoisotopic (exact) mass is 959 g/mol. The molecule has 0 aliphatic heterocycles. The first-order valence-corrected chi connectivity index (χ1v) is 29.3. The Morgan fingerprint density at radius 2 is 0.925 bits per heavy atom. The SMILES string of the molecule is CC/C=C\C/C=C\C/C=C\C/C=C\CCCCCCCCC(=O)NC(COP(=O)([O-])OCC[N+](C)(C)C)C(O)/C=C/CC/C=C/CCCCCCCCCCCCCCCCCCCCCC. The van der Waals surface area contributed by atoms with Gasteiger partial charge in [0.2, 0.25) is 5.91 Å². The number of nitrogens with one attached hydrogen (secondary N) is 1. The first-order chi connectivity index (χ1) is 32.5. The summed E-state index contributed by atoms with van der Waals surface area (Å²) in [6.45, 7) is 4.51. The van der Waals surface area contributed by atoms with Gasteiger partial charge in [0.1, 0.15) is 13.2 Å². The van der Waals surface area contributed by atoms with Crippen LogP contribution in [0.4, 0.5) is 0 Å². The number of aliphatic hydroxyl groups excluding tert-OH is 1. The molecule has 0 saturated heterocycles. The maximum Gasteiger partial charge on any atom is 0.268 e. The van der Waals surface area contributed by atoms with Gasteiger partial charge in [0, 0.05) is 6.42 Å². The van der Waals surface area contributed by atoms with E-state index in [1.54, 1.807) is 6.08 Å². The molecule has 2 N–H and O–H groups in total. The zero-order valence-corrected chi connectivity index (χ0v) is 45.2. The molecule has 0 saturated carbocycles. The lowest BCUT2D eigenvalue weighted by Crippen LogP contribution is -2.45. The average Bonchev–Trinajstić information content (AvgIpc) is 3.29. The van der Waals surface area contributed by atoms with Gasteiger partial charge in [0.05, 0.1) is 39.9 Å². The molecular weight excluding hydrogens is 852 g/mol. The molecule has 0 spiro atoms. The van der Waals surface area contributed by atoms with Gasteiger partial charge in [-0.3, -0.25) is 9.36 Å². The van der Waals surface area contributed by atoms with Crippen LogP contribution in [0.15, 0.2) is 72.9 Å². The zero-order valence-electron chi connectivity index (χ0n) is 44.3. The second kappa shape index (κ2) is 48.9. The minimum Gasteiger partial charge on any atom is -0.756 e. The molecule has 390 valence electrons. The Morgan fingerprint density at radius 1 is 0.537 bits per heavy atom. The van der Waals surface area contributed by atoms with Crippen LogP contribution in [0.2, 0.25) is 0 Å². The summed E-state index contributed by atoms with van der Waals surface area (Å²) in [4.78, 5) is 25.5. The second-order valence-electron chi connectivity index (χ2n) is 19.9. The third-order valence-electron chi connectivity index (χ3n) is 12.2. The Balaban J connectivity index is 4.30. The summed E-state index contributed by atoms with van der Waals surface area (Å²) in [5.74, 6) is -0.222. The zero-order chi connectivity index (χ0) is 49.2. The molecule has 0 heterocycles. The summed E-state index contributed by atoms with van der Waals surface area (Å²) in [6.07, 6.45) is 66.9. The van der Waals surface area contributed by atoms with Gasteiger partial charge >= 0.3 is 0 Å². The number of carbonyl (C=O) groups is 1. The van der Waals surface area contributed by atoms with Crippen molar-refractivity contribution >= 4 is 13.7 Å². The molecule has 0 aromatic rings. The molecule has 0 fully saturated rings. The van der Waals surface area contributed by atoms with E-state index >= 15 is 0 Å². The number of likely N-dealkylation sites (N-methyl/N-ethyl adjacent to an activating group) is 1. The third kappa shape index (κ3) is 51.6. The molecule has 3 unspecified atom stereocenters. The van der Waals surface area contributed by atoms with E-state index < -0.39 is 26.6 Å². The lowest BCUT2D eigenvalue weighted by Gasteiger charge is -2.29. The van der Waals surface area contributed by atoms with Gasteiger partial charge in [-0.1, -0.05) is 234 Å². The Labute approximate surface area is 414 Å². The quantitative estimate of drug-likeness (QED) is 0.0272. The minimum absolute atomic E-state index is 0.0126. The molecule has 8 nitrogen and oxygen atoms in total. The van der Waals surface area contributed by atoms with E-state index in [1.807, 2.05) is 27.2 Å². The normalized spacial score (nSPS) is 14.6. The van der Waals surface area contributed by atoms with Crippen LogP contribution in [0, 0.1) is 0 Å². The van der Waals surface area contributed by atoms with Gasteiger partial charge < -0.3 is 28.8 Å². The summed E-state index contributed by atoms with van der Waals surface area (Å²) in [5.41, 5.74) is 0. The van der Waals surface area contributed by atoms with Gasteiger partial charge in [-0.2, -0.15) is 0 Å². The van der Waals surface area contributed by atoms with E-state index in [-0.39, 0.29) is 12.5 Å². The Morgan fingerprint density at radius 3 is 1.39 bits per heavy atom. The van der Waals surface area contributed by atoms with E-state index in [9.17, 15) is 19.4 Å². The highest BCUT2D eigenvalue weighted by atomic mass is 31.2. The minimum atomic E-state index is -4.61. The molecule has 0 radical (unpaired) electrons. The standard InChI is InChI=1S/C58H107N2O6P/c1-6-8-10-12-14-16-18-20-22-24-26-27-28-29-30-31-32-34-35-37-39-41-43-45-47-49-51-57(61)56(55-66-67(63,64)65-54-53-60(3,4)5)59-58(62)52-50-48-46-44-42-40-38-36-33-25-23-21-19-17-15-13-11-9-7-2/h9,11,15,17,21,23,33,36,41,43,49,51,56-57,61H,6-8,10,12-14,16,18-20,22,24-32,34-35,37-40,42,44-48,50,52-55H2,1-5H3,(H-,59,62,63,64)/b11-9-,17-15-,23-21-,36-33-,43-41+,51-49+. The molecule has 0 aromatic carbocycles. The van der Waals surface area contributed by atoms with Crippen LogP contribution < -0.4 is 10.2 Å². The van der Waals surface area contributed by atoms with Crippen molar-refractivity contribution in [1.82, 2.24) is 5.32 Å². The summed E-state index contributed by atoms with van der Waals surface area (Å²) in [5, 5.41) is 13.8. The predicted octanol–water partition coefficient (Wildman–Crippen LogP) is 16.1. The van der Waals surface area contributed by atoms with Crippen LogP contribution in [0.1, 0.15) is 239 Å². The summed E-state index contributed by atoms with van der Waals surface area (Å²) in [6, 6.07) is -0.916.